The number of aryl methyl sites for hydroxylation is 2. The topological polar surface area (TPSA) is 35.5 Å². The summed E-state index contributed by atoms with van der Waals surface area (Å²) in [6.07, 6.45) is 3.06. The van der Waals surface area contributed by atoms with Crippen LogP contribution >= 0.6 is 0 Å². The normalized spacial score (nSPS) is 9.94. The Hall–Kier alpha value is -1.51. The van der Waals surface area contributed by atoms with Gasteiger partial charge in [0.25, 0.3) is 0 Å². The maximum Gasteiger partial charge on any atom is 0.125 e. The molecule has 0 saturated heterocycles. The lowest BCUT2D eigenvalue weighted by Gasteiger charge is -2.13. The van der Waals surface area contributed by atoms with E-state index in [4.69, 9.17) is 9.47 Å². The lowest BCUT2D eigenvalue weighted by atomic mass is 10.0. The van der Waals surface area contributed by atoms with E-state index in [1.54, 1.807) is 14.2 Å². The zero-order chi connectivity index (χ0) is 12.0. The van der Waals surface area contributed by atoms with Crippen molar-refractivity contribution in [3.05, 3.63) is 23.3 Å². The van der Waals surface area contributed by atoms with Crippen LogP contribution in [0.3, 0.4) is 0 Å². The van der Waals surface area contributed by atoms with Crippen molar-refractivity contribution in [2.45, 2.75) is 26.2 Å². The molecule has 3 heteroatoms. The number of rotatable bonds is 6. The van der Waals surface area contributed by atoms with Crippen molar-refractivity contribution < 1.29 is 14.3 Å². The van der Waals surface area contributed by atoms with Crippen LogP contribution in [0, 0.1) is 0 Å². The Balaban J connectivity index is 3.09. The molecule has 0 bridgehead atoms. The molecule has 0 saturated carbocycles. The largest absolute Gasteiger partial charge is 0.496 e. The first-order valence-electron chi connectivity index (χ1n) is 5.44. The summed E-state index contributed by atoms with van der Waals surface area (Å²) in [6, 6.07) is 3.94. The van der Waals surface area contributed by atoms with Crippen LogP contribution in [0.1, 0.15) is 24.5 Å². The molecule has 0 unspecified atom stereocenters. The molecule has 0 radical (unpaired) electrons. The number of hydrogen-bond acceptors (Lipinski definition) is 3. The first kappa shape index (κ1) is 12.6. The first-order chi connectivity index (χ1) is 7.76. The van der Waals surface area contributed by atoms with E-state index in [2.05, 4.69) is 13.0 Å². The zero-order valence-electron chi connectivity index (χ0n) is 10.1. The molecule has 0 N–H and O–H groups in total. The monoisotopic (exact) mass is 222 g/mol. The molecule has 0 aliphatic rings. The summed E-state index contributed by atoms with van der Waals surface area (Å²) in [7, 11) is 3.28. The van der Waals surface area contributed by atoms with E-state index in [-0.39, 0.29) is 0 Å². The fraction of sp³-hybridized carbons (Fsp3) is 0.462. The van der Waals surface area contributed by atoms with Crippen molar-refractivity contribution in [2.24, 2.45) is 0 Å². The fourth-order valence-electron chi connectivity index (χ4n) is 1.72. The molecule has 1 aromatic carbocycles. The van der Waals surface area contributed by atoms with Gasteiger partial charge in [-0.1, -0.05) is 6.92 Å². The van der Waals surface area contributed by atoms with Crippen LogP contribution < -0.4 is 9.47 Å². The average Bonchev–Trinajstić information content (AvgIpc) is 2.35. The van der Waals surface area contributed by atoms with Crippen molar-refractivity contribution in [3.63, 3.8) is 0 Å². The van der Waals surface area contributed by atoms with Gasteiger partial charge in [0.1, 0.15) is 17.8 Å². The maximum atomic E-state index is 10.4. The highest BCUT2D eigenvalue weighted by Crippen LogP contribution is 2.30. The summed E-state index contributed by atoms with van der Waals surface area (Å²) in [6.45, 7) is 2.08. The molecule has 1 rings (SSSR count). The van der Waals surface area contributed by atoms with Crippen LogP contribution in [0.4, 0.5) is 0 Å². The van der Waals surface area contributed by atoms with E-state index in [9.17, 15) is 4.79 Å². The minimum absolute atomic E-state index is 0.520. The van der Waals surface area contributed by atoms with Crippen LogP contribution in [-0.4, -0.2) is 20.5 Å². The summed E-state index contributed by atoms with van der Waals surface area (Å²) in [4.78, 5) is 10.4. The Morgan fingerprint density at radius 2 is 1.75 bits per heavy atom. The summed E-state index contributed by atoms with van der Waals surface area (Å²) in [5.41, 5.74) is 2.21. The van der Waals surface area contributed by atoms with Gasteiger partial charge in [0, 0.05) is 12.5 Å². The summed E-state index contributed by atoms with van der Waals surface area (Å²) < 4.78 is 10.6. The highest BCUT2D eigenvalue weighted by Gasteiger charge is 2.09. The van der Waals surface area contributed by atoms with Crippen molar-refractivity contribution >= 4 is 6.29 Å². The Morgan fingerprint density at radius 3 is 2.25 bits per heavy atom. The second-order valence-electron chi connectivity index (χ2n) is 3.53. The van der Waals surface area contributed by atoms with Crippen LogP contribution in [-0.2, 0) is 17.6 Å². The minimum atomic E-state index is 0.520. The predicted molar refractivity (Wildman–Crippen MR) is 63.3 cm³/mol. The Morgan fingerprint density at radius 1 is 1.12 bits per heavy atom. The van der Waals surface area contributed by atoms with Gasteiger partial charge in [-0.3, -0.25) is 0 Å². The van der Waals surface area contributed by atoms with Crippen molar-refractivity contribution in [3.8, 4) is 11.5 Å². The number of benzene rings is 1. The highest BCUT2D eigenvalue weighted by molar-refractivity contribution is 5.52. The number of carbonyl (C=O) groups is 1. The first-order valence-corrected chi connectivity index (χ1v) is 5.44. The van der Waals surface area contributed by atoms with E-state index in [1.807, 2.05) is 6.07 Å². The lowest BCUT2D eigenvalue weighted by Crippen LogP contribution is -1.98. The van der Waals surface area contributed by atoms with E-state index in [1.165, 1.54) is 0 Å². The van der Waals surface area contributed by atoms with Gasteiger partial charge in [0.2, 0.25) is 0 Å². The fourth-order valence-corrected chi connectivity index (χ4v) is 1.72. The van der Waals surface area contributed by atoms with Gasteiger partial charge in [0.05, 0.1) is 14.2 Å². The van der Waals surface area contributed by atoms with Gasteiger partial charge in [-0.15, -0.1) is 0 Å². The second kappa shape index (κ2) is 6.16. The molecule has 1 aromatic rings. The van der Waals surface area contributed by atoms with Crippen molar-refractivity contribution in [1.29, 1.82) is 0 Å². The molecule has 16 heavy (non-hydrogen) atoms. The van der Waals surface area contributed by atoms with E-state index in [0.717, 1.165) is 35.3 Å². The highest BCUT2D eigenvalue weighted by atomic mass is 16.5. The minimum Gasteiger partial charge on any atom is -0.496 e. The van der Waals surface area contributed by atoms with E-state index in [0.29, 0.717) is 12.8 Å². The van der Waals surface area contributed by atoms with Crippen molar-refractivity contribution in [1.82, 2.24) is 0 Å². The molecule has 0 fully saturated rings. The smallest absolute Gasteiger partial charge is 0.125 e. The number of ether oxygens (including phenoxy) is 2. The molecule has 88 valence electrons. The third-order valence-electron chi connectivity index (χ3n) is 2.60. The Kier molecular flexibility index (Phi) is 4.83. The Bertz CT molecular complexity index is 358. The second-order valence-corrected chi connectivity index (χ2v) is 3.53. The van der Waals surface area contributed by atoms with Crippen LogP contribution in [0.5, 0.6) is 11.5 Å². The van der Waals surface area contributed by atoms with Gasteiger partial charge in [-0.05, 0) is 30.0 Å². The van der Waals surface area contributed by atoms with Gasteiger partial charge in [-0.2, -0.15) is 0 Å². The number of methoxy groups -OCH3 is 2. The molecule has 0 spiro atoms. The molecule has 0 heterocycles. The SMILES string of the molecule is CCc1cc(CCC=O)c(OC)cc1OC. The molecule has 0 amide bonds. The van der Waals surface area contributed by atoms with E-state index >= 15 is 0 Å². The quantitative estimate of drug-likeness (QED) is 0.693. The van der Waals surface area contributed by atoms with Gasteiger partial charge >= 0.3 is 0 Å². The molecule has 0 atom stereocenters. The average molecular weight is 222 g/mol. The zero-order valence-corrected chi connectivity index (χ0v) is 10.1. The van der Waals surface area contributed by atoms with Gasteiger partial charge in [-0.25, -0.2) is 0 Å². The standard InChI is InChI=1S/C13H18O3/c1-4-10-8-11(6-5-7-14)13(16-3)9-12(10)15-2/h7-9H,4-6H2,1-3H3. The predicted octanol–water partition coefficient (Wildman–Crippen LogP) is 2.40. The van der Waals surface area contributed by atoms with E-state index < -0.39 is 0 Å². The van der Waals surface area contributed by atoms with Crippen molar-refractivity contribution in [2.75, 3.05) is 14.2 Å². The van der Waals surface area contributed by atoms with Gasteiger partial charge in [0.15, 0.2) is 0 Å². The number of aldehydes is 1. The molecule has 0 aliphatic carbocycles. The van der Waals surface area contributed by atoms with Crippen LogP contribution in [0.25, 0.3) is 0 Å². The molecular weight excluding hydrogens is 204 g/mol. The number of carbonyl (C=O) groups excluding carboxylic acids is 1. The number of hydrogen-bond donors (Lipinski definition) is 0. The lowest BCUT2D eigenvalue weighted by molar-refractivity contribution is -0.107. The third-order valence-corrected chi connectivity index (χ3v) is 2.60. The third kappa shape index (κ3) is 2.75. The summed E-state index contributed by atoms with van der Waals surface area (Å²) >= 11 is 0. The van der Waals surface area contributed by atoms with Crippen LogP contribution in [0.2, 0.25) is 0 Å². The Labute approximate surface area is 96.4 Å². The molecular formula is C13H18O3. The van der Waals surface area contributed by atoms with Gasteiger partial charge < -0.3 is 14.3 Å². The maximum absolute atomic E-state index is 10.4. The molecule has 0 aromatic heterocycles. The van der Waals surface area contributed by atoms with Crippen LogP contribution in [0.15, 0.2) is 12.1 Å². The molecule has 3 nitrogen and oxygen atoms in total. The summed E-state index contributed by atoms with van der Waals surface area (Å²) in [5, 5.41) is 0. The summed E-state index contributed by atoms with van der Waals surface area (Å²) in [5.74, 6) is 1.63. The molecule has 0 aliphatic heterocycles.